The van der Waals surface area contributed by atoms with Crippen LogP contribution in [0.5, 0.6) is 0 Å². The van der Waals surface area contributed by atoms with E-state index in [1.54, 1.807) is 21.2 Å². The maximum atomic E-state index is 12.7. The molecule has 1 aliphatic rings. The normalized spacial score (nSPS) is 15.2. The first kappa shape index (κ1) is 24.3. The Morgan fingerprint density at radius 1 is 1.09 bits per heavy atom. The Labute approximate surface area is 201 Å². The van der Waals surface area contributed by atoms with Gasteiger partial charge in [-0.3, -0.25) is 14.6 Å². The number of hydrogen-bond acceptors (Lipinski definition) is 7. The van der Waals surface area contributed by atoms with Crippen molar-refractivity contribution in [1.29, 1.82) is 0 Å². The van der Waals surface area contributed by atoms with Gasteiger partial charge in [0.05, 0.1) is 24.2 Å². The van der Waals surface area contributed by atoms with Crippen LogP contribution in [0.25, 0.3) is 11.3 Å². The number of pyridine rings is 1. The number of hydrogen-bond donors (Lipinski definition) is 0. The molecule has 0 spiro atoms. The number of sulfonamides is 1. The van der Waals surface area contributed by atoms with Crippen molar-refractivity contribution in [2.24, 2.45) is 7.05 Å². The van der Waals surface area contributed by atoms with Gasteiger partial charge in [0.2, 0.25) is 10.0 Å². The van der Waals surface area contributed by atoms with Crippen LogP contribution in [0, 0.1) is 0 Å². The molecule has 1 fully saturated rings. The first-order valence-electron chi connectivity index (χ1n) is 11.3. The van der Waals surface area contributed by atoms with Gasteiger partial charge in [-0.2, -0.15) is 9.40 Å². The second kappa shape index (κ2) is 10.6. The lowest BCUT2D eigenvalue weighted by molar-refractivity contribution is 0.185. The van der Waals surface area contributed by atoms with Gasteiger partial charge in [0.15, 0.2) is 0 Å². The van der Waals surface area contributed by atoms with Crippen LogP contribution in [0.1, 0.15) is 5.56 Å². The van der Waals surface area contributed by atoms with Gasteiger partial charge in [0.1, 0.15) is 4.90 Å². The van der Waals surface area contributed by atoms with E-state index in [1.807, 2.05) is 12.3 Å². The third-order valence-corrected chi connectivity index (χ3v) is 7.97. The summed E-state index contributed by atoms with van der Waals surface area (Å²) in [5.41, 5.74) is 4.31. The molecule has 1 saturated heterocycles. The van der Waals surface area contributed by atoms with Crippen molar-refractivity contribution >= 4 is 15.7 Å². The van der Waals surface area contributed by atoms with E-state index in [-0.39, 0.29) is 4.90 Å². The summed E-state index contributed by atoms with van der Waals surface area (Å²) in [5.74, 6) is 0. The van der Waals surface area contributed by atoms with Crippen molar-refractivity contribution in [2.45, 2.75) is 11.5 Å². The van der Waals surface area contributed by atoms with Crippen molar-refractivity contribution in [3.05, 3.63) is 60.6 Å². The molecule has 34 heavy (non-hydrogen) atoms. The molecule has 3 aromatic rings. The Kier molecular flexibility index (Phi) is 7.62. The standard InChI is InChI=1S/C24H32N6O3S/c1-27-18-22(17-26-27)34(31,32)28(2)11-12-29-13-15-30(16-14-29)23-5-4-10-25-24(23)21-8-6-20(7-9-21)19-33-3/h4-10,17-18H,11-16,19H2,1-3H3. The molecular formula is C24H32N6O3S. The minimum absolute atomic E-state index is 0.224. The Bertz CT molecular complexity index is 1190. The number of ether oxygens (including phenoxy) is 1. The fourth-order valence-corrected chi connectivity index (χ4v) is 5.27. The van der Waals surface area contributed by atoms with Gasteiger partial charge in [-0.05, 0) is 17.7 Å². The van der Waals surface area contributed by atoms with E-state index in [0.29, 0.717) is 19.7 Å². The summed E-state index contributed by atoms with van der Waals surface area (Å²) in [6.07, 6.45) is 4.75. The number of aryl methyl sites for hydroxylation is 1. The zero-order chi connectivity index (χ0) is 24.1. The summed E-state index contributed by atoms with van der Waals surface area (Å²) in [6.45, 7) is 5.16. The number of aromatic nitrogens is 3. The number of benzene rings is 1. The van der Waals surface area contributed by atoms with Crippen LogP contribution in [0.3, 0.4) is 0 Å². The quantitative estimate of drug-likeness (QED) is 0.460. The highest BCUT2D eigenvalue weighted by atomic mass is 32.2. The van der Waals surface area contributed by atoms with Gasteiger partial charge >= 0.3 is 0 Å². The van der Waals surface area contributed by atoms with E-state index in [2.05, 4.69) is 50.2 Å². The van der Waals surface area contributed by atoms with E-state index < -0.39 is 10.0 Å². The molecule has 0 N–H and O–H groups in total. The molecular weight excluding hydrogens is 452 g/mol. The molecule has 0 radical (unpaired) electrons. The van der Waals surface area contributed by atoms with Crippen molar-refractivity contribution < 1.29 is 13.2 Å². The highest BCUT2D eigenvalue weighted by molar-refractivity contribution is 7.89. The molecule has 4 rings (SSSR count). The van der Waals surface area contributed by atoms with Crippen LogP contribution < -0.4 is 4.90 Å². The summed E-state index contributed by atoms with van der Waals surface area (Å²) in [5, 5.41) is 3.98. The van der Waals surface area contributed by atoms with Crippen LogP contribution in [0.15, 0.2) is 59.9 Å². The van der Waals surface area contributed by atoms with E-state index in [0.717, 1.165) is 48.7 Å². The maximum absolute atomic E-state index is 12.7. The molecule has 1 aromatic carbocycles. The number of methoxy groups -OCH3 is 1. The zero-order valence-electron chi connectivity index (χ0n) is 20.0. The highest BCUT2D eigenvalue weighted by Crippen LogP contribution is 2.29. The first-order chi connectivity index (χ1) is 16.4. The average molecular weight is 485 g/mol. The van der Waals surface area contributed by atoms with Crippen LogP contribution in [-0.4, -0.2) is 85.8 Å². The summed E-state index contributed by atoms with van der Waals surface area (Å²) in [7, 11) is 1.51. The largest absolute Gasteiger partial charge is 0.380 e. The summed E-state index contributed by atoms with van der Waals surface area (Å²) >= 11 is 0. The Morgan fingerprint density at radius 3 is 2.47 bits per heavy atom. The van der Waals surface area contributed by atoms with E-state index in [4.69, 9.17) is 4.74 Å². The molecule has 0 atom stereocenters. The summed E-state index contributed by atoms with van der Waals surface area (Å²) < 4.78 is 33.6. The third kappa shape index (κ3) is 5.47. The van der Waals surface area contributed by atoms with Crippen LogP contribution in [0.4, 0.5) is 5.69 Å². The molecule has 0 amide bonds. The highest BCUT2D eigenvalue weighted by Gasteiger charge is 2.24. The molecule has 3 heterocycles. The Hall–Kier alpha value is -2.79. The molecule has 182 valence electrons. The number of likely N-dealkylation sites (N-methyl/N-ethyl adjacent to an activating group) is 1. The van der Waals surface area contributed by atoms with E-state index in [9.17, 15) is 8.42 Å². The monoisotopic (exact) mass is 484 g/mol. The number of nitrogens with zero attached hydrogens (tertiary/aromatic N) is 6. The van der Waals surface area contributed by atoms with Gasteiger partial charge in [0.25, 0.3) is 0 Å². The number of rotatable bonds is 9. The number of piperazine rings is 1. The molecule has 9 nitrogen and oxygen atoms in total. The molecule has 2 aromatic heterocycles. The Morgan fingerprint density at radius 2 is 1.82 bits per heavy atom. The second-order valence-corrected chi connectivity index (χ2v) is 10.6. The SMILES string of the molecule is COCc1ccc(-c2ncccc2N2CCN(CCN(C)S(=O)(=O)c3cnn(C)c3)CC2)cc1. The van der Waals surface area contributed by atoms with E-state index >= 15 is 0 Å². The topological polar surface area (TPSA) is 83.8 Å². The van der Waals surface area contributed by atoms with Crippen LogP contribution >= 0.6 is 0 Å². The molecule has 0 unspecified atom stereocenters. The lowest BCUT2D eigenvalue weighted by Gasteiger charge is -2.37. The minimum Gasteiger partial charge on any atom is -0.380 e. The molecule has 0 aliphatic carbocycles. The van der Waals surface area contributed by atoms with Crippen LogP contribution in [-0.2, 0) is 28.4 Å². The van der Waals surface area contributed by atoms with Crippen molar-refractivity contribution in [2.75, 3.05) is 58.3 Å². The van der Waals surface area contributed by atoms with Gasteiger partial charge in [-0.15, -0.1) is 0 Å². The fourth-order valence-electron chi connectivity index (χ4n) is 4.13. The van der Waals surface area contributed by atoms with Gasteiger partial charge < -0.3 is 9.64 Å². The lowest BCUT2D eigenvalue weighted by atomic mass is 10.1. The Balaban J connectivity index is 1.35. The van der Waals surface area contributed by atoms with Gasteiger partial charge in [-0.25, -0.2) is 8.42 Å². The van der Waals surface area contributed by atoms with Crippen LogP contribution in [0.2, 0.25) is 0 Å². The van der Waals surface area contributed by atoms with E-state index in [1.165, 1.54) is 21.4 Å². The average Bonchev–Trinajstić information content (AvgIpc) is 3.31. The van der Waals surface area contributed by atoms with Crippen molar-refractivity contribution in [3.8, 4) is 11.3 Å². The van der Waals surface area contributed by atoms with Crippen molar-refractivity contribution in [1.82, 2.24) is 24.0 Å². The van der Waals surface area contributed by atoms with Gasteiger partial charge in [0, 0.05) is 78.4 Å². The first-order valence-corrected chi connectivity index (χ1v) is 12.8. The molecule has 1 aliphatic heterocycles. The maximum Gasteiger partial charge on any atom is 0.245 e. The molecule has 0 bridgehead atoms. The second-order valence-electron chi connectivity index (χ2n) is 8.51. The summed E-state index contributed by atoms with van der Waals surface area (Å²) in [6, 6.07) is 12.4. The van der Waals surface area contributed by atoms with Gasteiger partial charge in [-0.1, -0.05) is 24.3 Å². The lowest BCUT2D eigenvalue weighted by Crippen LogP contribution is -2.48. The molecule has 0 saturated carbocycles. The summed E-state index contributed by atoms with van der Waals surface area (Å²) in [4.78, 5) is 9.56. The smallest absolute Gasteiger partial charge is 0.245 e. The third-order valence-electron chi connectivity index (χ3n) is 6.16. The molecule has 10 heteroatoms. The predicted octanol–water partition coefficient (Wildman–Crippen LogP) is 2.07. The zero-order valence-corrected chi connectivity index (χ0v) is 20.8. The predicted molar refractivity (Wildman–Crippen MR) is 132 cm³/mol. The fraction of sp³-hybridized carbons (Fsp3) is 0.417. The van der Waals surface area contributed by atoms with Crippen molar-refractivity contribution in [3.63, 3.8) is 0 Å². The number of anilines is 1. The minimum atomic E-state index is -3.52.